The van der Waals surface area contributed by atoms with Crippen LogP contribution in [0.1, 0.15) is 59.6 Å². The molecule has 1 aliphatic carbocycles. The average Bonchev–Trinajstić information content (AvgIpc) is 3.47. The van der Waals surface area contributed by atoms with E-state index in [-0.39, 0.29) is 17.6 Å². The van der Waals surface area contributed by atoms with E-state index in [2.05, 4.69) is 35.3 Å². The van der Waals surface area contributed by atoms with Crippen LogP contribution >= 0.6 is 11.3 Å². The topological polar surface area (TPSA) is 129 Å². The number of piperidine rings is 1. The lowest BCUT2D eigenvalue weighted by atomic mass is 9.77. The summed E-state index contributed by atoms with van der Waals surface area (Å²) < 4.78 is 12.1. The van der Waals surface area contributed by atoms with Crippen LogP contribution in [0.4, 0.5) is 0 Å². The summed E-state index contributed by atoms with van der Waals surface area (Å²) in [5.41, 5.74) is 1.19. The van der Waals surface area contributed by atoms with E-state index in [1.54, 1.807) is 11.3 Å². The molecule has 4 atom stereocenters. The van der Waals surface area contributed by atoms with Crippen LogP contribution in [-0.2, 0) is 31.1 Å². The van der Waals surface area contributed by atoms with Gasteiger partial charge in [-0.05, 0) is 82.8 Å². The summed E-state index contributed by atoms with van der Waals surface area (Å²) in [5.74, 6) is -0.298. The Labute approximate surface area is 229 Å². The number of methoxy groups -OCH3 is 1. The summed E-state index contributed by atoms with van der Waals surface area (Å²) in [6.45, 7) is 6.68. The molecule has 0 bridgehead atoms. The summed E-state index contributed by atoms with van der Waals surface area (Å²) in [5, 5.41) is 18.3. The minimum Gasteiger partial charge on any atom is -0.481 e. The fraction of sp³-hybridized carbons (Fsp3) is 0.741. The van der Waals surface area contributed by atoms with Crippen LogP contribution in [0.25, 0.3) is 0 Å². The number of amides is 1. The molecule has 1 aromatic heterocycles. The second kappa shape index (κ2) is 13.3. The summed E-state index contributed by atoms with van der Waals surface area (Å²) in [4.78, 5) is 38.1. The highest BCUT2D eigenvalue weighted by molar-refractivity contribution is 7.14. The van der Waals surface area contributed by atoms with Gasteiger partial charge in [-0.2, -0.15) is 0 Å². The third-order valence-electron chi connectivity index (χ3n) is 7.93. The van der Waals surface area contributed by atoms with Crippen molar-refractivity contribution in [3.05, 3.63) is 21.4 Å². The van der Waals surface area contributed by atoms with Gasteiger partial charge in [-0.25, -0.2) is 0 Å². The molecular formula is C27H43N3O7S. The van der Waals surface area contributed by atoms with Gasteiger partial charge >= 0.3 is 0 Å². The van der Waals surface area contributed by atoms with Gasteiger partial charge < -0.3 is 34.8 Å². The van der Waals surface area contributed by atoms with Gasteiger partial charge in [-0.1, -0.05) is 0 Å². The van der Waals surface area contributed by atoms with Crippen LogP contribution in [-0.4, -0.2) is 104 Å². The fourth-order valence-electron chi connectivity index (χ4n) is 6.24. The van der Waals surface area contributed by atoms with Gasteiger partial charge in [0, 0.05) is 45.0 Å². The van der Waals surface area contributed by atoms with Crippen molar-refractivity contribution in [2.75, 3.05) is 54.0 Å². The van der Waals surface area contributed by atoms with E-state index in [0.717, 1.165) is 83.6 Å². The third-order valence-corrected chi connectivity index (χ3v) is 9.28. The van der Waals surface area contributed by atoms with Crippen molar-refractivity contribution in [3.63, 3.8) is 0 Å². The molecule has 2 saturated heterocycles. The van der Waals surface area contributed by atoms with Crippen molar-refractivity contribution < 1.29 is 34.1 Å². The minimum atomic E-state index is -0.833. The average molecular weight is 554 g/mol. The SMILES string of the molecule is CC(=O)O.CC(=O)O.CO[C@@H]1C[C@H]2CN(C(=O)c3cc4c(s3)C3(CCNCC3)OCC4)C[C@H]2C[C@H]1N(C)C. The summed E-state index contributed by atoms with van der Waals surface area (Å²) in [6, 6.07) is 2.62. The maximum atomic E-state index is 13.5. The number of thiophene rings is 1. The molecule has 0 aromatic carbocycles. The standard InChI is InChI=1S/C23H35N3O3S.2C2H4O2/c1-25(2)18-10-16-13-26(14-17(16)11-19(18)28-3)22(27)20-12-15-4-9-29-23(21(15)30-20)5-7-24-8-6-23;2*1-2(3)4/h12,16-19,24H,4-11,13-14H2,1-3H3;2*1H3,(H,3,4)/t16-,17+,18-,19-;;/m1../s1. The number of carboxylic acid groups (broad SMARTS) is 2. The summed E-state index contributed by atoms with van der Waals surface area (Å²) in [6.07, 6.45) is 5.38. The molecular weight excluding hydrogens is 510 g/mol. The predicted octanol–water partition coefficient (Wildman–Crippen LogP) is 2.51. The lowest BCUT2D eigenvalue weighted by Gasteiger charge is -2.40. The predicted molar refractivity (Wildman–Crippen MR) is 145 cm³/mol. The monoisotopic (exact) mass is 553 g/mol. The number of nitrogens with zero attached hydrogens (tertiary/aromatic N) is 2. The van der Waals surface area contributed by atoms with Gasteiger partial charge in [0.15, 0.2) is 0 Å². The van der Waals surface area contributed by atoms with E-state index < -0.39 is 11.9 Å². The summed E-state index contributed by atoms with van der Waals surface area (Å²) >= 11 is 1.70. The Morgan fingerprint density at radius 2 is 1.68 bits per heavy atom. The van der Waals surface area contributed by atoms with Crippen molar-refractivity contribution in [3.8, 4) is 0 Å². The van der Waals surface area contributed by atoms with Crippen LogP contribution in [0.3, 0.4) is 0 Å². The molecule has 4 heterocycles. The Bertz CT molecular complexity index is 956. The van der Waals surface area contributed by atoms with Gasteiger partial charge in [0.1, 0.15) is 5.60 Å². The van der Waals surface area contributed by atoms with Gasteiger partial charge in [0.2, 0.25) is 0 Å². The fourth-order valence-corrected chi connectivity index (χ4v) is 7.62. The normalized spacial score (nSPS) is 27.4. The highest BCUT2D eigenvalue weighted by Crippen LogP contribution is 2.45. The molecule has 10 nitrogen and oxygen atoms in total. The molecule has 1 spiro atoms. The van der Waals surface area contributed by atoms with Crippen molar-refractivity contribution in [2.24, 2.45) is 11.8 Å². The number of carbonyl (C=O) groups excluding carboxylic acids is 1. The molecule has 1 aromatic rings. The highest BCUT2D eigenvalue weighted by Gasteiger charge is 2.45. The molecule has 3 fully saturated rings. The minimum absolute atomic E-state index is 0.161. The van der Waals surface area contributed by atoms with E-state index in [1.165, 1.54) is 10.4 Å². The van der Waals surface area contributed by atoms with E-state index in [1.807, 2.05) is 7.11 Å². The molecule has 1 amide bonds. The van der Waals surface area contributed by atoms with E-state index >= 15 is 0 Å². The molecule has 11 heteroatoms. The maximum absolute atomic E-state index is 13.5. The molecule has 5 rings (SSSR count). The van der Waals surface area contributed by atoms with Crippen molar-refractivity contribution in [1.82, 2.24) is 15.1 Å². The van der Waals surface area contributed by atoms with Gasteiger partial charge in [0.25, 0.3) is 17.8 Å². The Hall–Kier alpha value is -2.05. The first-order chi connectivity index (χ1) is 18.0. The van der Waals surface area contributed by atoms with Crippen LogP contribution in [0.15, 0.2) is 6.07 Å². The molecule has 38 heavy (non-hydrogen) atoms. The van der Waals surface area contributed by atoms with E-state index in [0.29, 0.717) is 17.9 Å². The number of likely N-dealkylation sites (tertiary alicyclic amines) is 1. The number of hydrogen-bond acceptors (Lipinski definition) is 8. The Morgan fingerprint density at radius 1 is 1.11 bits per heavy atom. The molecule has 4 aliphatic rings. The van der Waals surface area contributed by atoms with E-state index in [9.17, 15) is 4.79 Å². The van der Waals surface area contributed by atoms with Crippen LogP contribution in [0, 0.1) is 11.8 Å². The zero-order valence-electron chi connectivity index (χ0n) is 23.2. The zero-order chi connectivity index (χ0) is 28.0. The second-order valence-electron chi connectivity index (χ2n) is 10.9. The van der Waals surface area contributed by atoms with Crippen molar-refractivity contribution in [1.29, 1.82) is 0 Å². The van der Waals surface area contributed by atoms with Gasteiger partial charge in [-0.15, -0.1) is 11.3 Å². The van der Waals surface area contributed by atoms with Gasteiger partial charge in [-0.3, -0.25) is 14.4 Å². The summed E-state index contributed by atoms with van der Waals surface area (Å²) in [7, 11) is 6.11. The van der Waals surface area contributed by atoms with Crippen molar-refractivity contribution >= 4 is 29.2 Å². The molecule has 0 radical (unpaired) electrons. The Kier molecular flexibility index (Phi) is 10.7. The number of ether oxygens (including phenoxy) is 2. The number of aliphatic carboxylic acids is 2. The molecule has 214 valence electrons. The lowest BCUT2D eigenvalue weighted by Crippen LogP contribution is -2.47. The lowest BCUT2D eigenvalue weighted by molar-refractivity contribution is -0.135. The van der Waals surface area contributed by atoms with Crippen LogP contribution < -0.4 is 5.32 Å². The third kappa shape index (κ3) is 7.32. The maximum Gasteiger partial charge on any atom is 0.300 e. The number of fused-ring (bicyclic) bond motifs is 3. The number of nitrogens with one attached hydrogen (secondary N) is 1. The van der Waals surface area contributed by atoms with Gasteiger partial charge in [0.05, 0.1) is 17.6 Å². The van der Waals surface area contributed by atoms with E-state index in [4.69, 9.17) is 29.3 Å². The Morgan fingerprint density at radius 3 is 2.24 bits per heavy atom. The molecule has 3 N–H and O–H groups in total. The molecule has 3 aliphatic heterocycles. The number of hydrogen-bond donors (Lipinski definition) is 3. The first kappa shape index (κ1) is 30.5. The van der Waals surface area contributed by atoms with Crippen LogP contribution in [0.5, 0.6) is 0 Å². The number of carbonyl (C=O) groups is 3. The highest BCUT2D eigenvalue weighted by atomic mass is 32.1. The first-order valence-electron chi connectivity index (χ1n) is 13.3. The largest absolute Gasteiger partial charge is 0.481 e. The van der Waals surface area contributed by atoms with Crippen LogP contribution in [0.2, 0.25) is 0 Å². The number of carboxylic acids is 2. The smallest absolute Gasteiger partial charge is 0.300 e. The molecule has 0 unspecified atom stereocenters. The first-order valence-corrected chi connectivity index (χ1v) is 14.1. The molecule has 1 saturated carbocycles. The zero-order valence-corrected chi connectivity index (χ0v) is 24.0. The van der Waals surface area contributed by atoms with Crippen molar-refractivity contribution in [2.45, 2.75) is 63.7 Å². The quantitative estimate of drug-likeness (QED) is 0.517. The Balaban J connectivity index is 0.000000443. The number of rotatable bonds is 3. The second-order valence-corrected chi connectivity index (χ2v) is 11.9. The number of likely N-dealkylation sites (N-methyl/N-ethyl adjacent to an activating group) is 1.